The molecule has 0 aromatic heterocycles. The summed E-state index contributed by atoms with van der Waals surface area (Å²) in [5, 5.41) is 1.21. The second-order valence-corrected chi connectivity index (χ2v) is 4.70. The Morgan fingerprint density at radius 3 is 2.77 bits per heavy atom. The summed E-state index contributed by atoms with van der Waals surface area (Å²) in [6, 6.07) is 0. The number of hydrogen-bond donors (Lipinski definition) is 0. The molecule has 1 atom stereocenters. The lowest BCUT2D eigenvalue weighted by molar-refractivity contribution is 0.0355. The molecule has 1 rings (SSSR count). The molecule has 0 N–H and O–H groups in total. The van der Waals surface area contributed by atoms with Crippen molar-refractivity contribution in [3.63, 3.8) is 0 Å². The summed E-state index contributed by atoms with van der Waals surface area (Å²) in [5.41, 5.74) is 0. The van der Waals surface area contributed by atoms with Gasteiger partial charge in [0.05, 0.1) is 25.1 Å². The summed E-state index contributed by atoms with van der Waals surface area (Å²) in [6.07, 6.45) is 1.28. The summed E-state index contributed by atoms with van der Waals surface area (Å²) in [4.78, 5) is 0. The highest BCUT2D eigenvalue weighted by atomic mass is 32.2. The van der Waals surface area contributed by atoms with Gasteiger partial charge in [-0.05, 0) is 13.0 Å². The van der Waals surface area contributed by atoms with Crippen LogP contribution in [0.25, 0.3) is 0 Å². The standard InChI is InChI=1S/C8H14O4S/c1-2-11-4-5-12-8-3-6-13(9,10)7-8/h3,6,8H,2,4-5,7H2,1H3. The largest absolute Gasteiger partial charge is 0.379 e. The Hall–Kier alpha value is -0.390. The number of rotatable bonds is 5. The van der Waals surface area contributed by atoms with Gasteiger partial charge in [0.25, 0.3) is 0 Å². The zero-order chi connectivity index (χ0) is 9.73. The molecule has 0 spiro atoms. The van der Waals surface area contributed by atoms with Crippen molar-refractivity contribution >= 4 is 9.84 Å². The van der Waals surface area contributed by atoms with E-state index in [0.29, 0.717) is 19.8 Å². The predicted molar refractivity (Wildman–Crippen MR) is 49.2 cm³/mol. The predicted octanol–water partition coefficient (Wildman–Crippen LogP) is 0.350. The summed E-state index contributed by atoms with van der Waals surface area (Å²) >= 11 is 0. The van der Waals surface area contributed by atoms with Crippen LogP contribution in [0.1, 0.15) is 6.92 Å². The fourth-order valence-electron chi connectivity index (χ4n) is 1.05. The minimum absolute atomic E-state index is 0.0686. The van der Waals surface area contributed by atoms with Gasteiger partial charge in [-0.15, -0.1) is 0 Å². The van der Waals surface area contributed by atoms with E-state index in [9.17, 15) is 8.42 Å². The van der Waals surface area contributed by atoms with Gasteiger partial charge in [0.15, 0.2) is 9.84 Å². The van der Waals surface area contributed by atoms with Crippen molar-refractivity contribution in [3.8, 4) is 0 Å². The maximum absolute atomic E-state index is 10.9. The molecule has 0 aromatic carbocycles. The highest BCUT2D eigenvalue weighted by Gasteiger charge is 2.21. The third-order valence-electron chi connectivity index (χ3n) is 1.66. The van der Waals surface area contributed by atoms with Crippen molar-refractivity contribution in [2.45, 2.75) is 13.0 Å². The highest BCUT2D eigenvalue weighted by molar-refractivity contribution is 7.94. The van der Waals surface area contributed by atoms with Crippen molar-refractivity contribution in [1.29, 1.82) is 0 Å². The zero-order valence-corrected chi connectivity index (χ0v) is 8.42. The lowest BCUT2D eigenvalue weighted by Gasteiger charge is -2.08. The molecule has 5 heteroatoms. The second-order valence-electron chi connectivity index (χ2n) is 2.76. The van der Waals surface area contributed by atoms with Crippen LogP contribution in [0, 0.1) is 0 Å². The molecule has 13 heavy (non-hydrogen) atoms. The van der Waals surface area contributed by atoms with E-state index in [-0.39, 0.29) is 11.9 Å². The molecule has 1 aliphatic heterocycles. The van der Waals surface area contributed by atoms with Gasteiger partial charge in [-0.2, -0.15) is 0 Å². The minimum atomic E-state index is -2.98. The molecule has 0 fully saturated rings. The van der Waals surface area contributed by atoms with Crippen LogP contribution in [0.3, 0.4) is 0 Å². The van der Waals surface area contributed by atoms with E-state index in [2.05, 4.69) is 0 Å². The Morgan fingerprint density at radius 2 is 2.23 bits per heavy atom. The smallest absolute Gasteiger partial charge is 0.174 e. The van der Waals surface area contributed by atoms with Crippen molar-refractivity contribution in [3.05, 3.63) is 11.5 Å². The number of hydrogen-bond acceptors (Lipinski definition) is 4. The van der Waals surface area contributed by atoms with Gasteiger partial charge in [-0.1, -0.05) is 0 Å². The SMILES string of the molecule is CCOCCOC1C=CS(=O)(=O)C1. The van der Waals surface area contributed by atoms with Crippen LogP contribution in [0.5, 0.6) is 0 Å². The molecule has 0 aliphatic carbocycles. The van der Waals surface area contributed by atoms with Crippen LogP contribution in [-0.4, -0.2) is 40.1 Å². The molecule has 0 saturated heterocycles. The van der Waals surface area contributed by atoms with E-state index in [1.807, 2.05) is 6.92 Å². The van der Waals surface area contributed by atoms with Gasteiger partial charge >= 0.3 is 0 Å². The minimum Gasteiger partial charge on any atom is -0.379 e. The molecule has 4 nitrogen and oxygen atoms in total. The van der Waals surface area contributed by atoms with Gasteiger partial charge < -0.3 is 9.47 Å². The van der Waals surface area contributed by atoms with E-state index in [0.717, 1.165) is 0 Å². The first-order chi connectivity index (χ1) is 6.14. The van der Waals surface area contributed by atoms with Crippen LogP contribution >= 0.6 is 0 Å². The maximum Gasteiger partial charge on any atom is 0.174 e. The Kier molecular flexibility index (Phi) is 3.90. The van der Waals surface area contributed by atoms with Gasteiger partial charge in [0.2, 0.25) is 0 Å². The van der Waals surface area contributed by atoms with E-state index in [1.54, 1.807) is 6.08 Å². The lowest BCUT2D eigenvalue weighted by Crippen LogP contribution is -2.17. The van der Waals surface area contributed by atoms with Gasteiger partial charge in [-0.25, -0.2) is 8.42 Å². The fourth-order valence-corrected chi connectivity index (χ4v) is 2.24. The molecule has 1 unspecified atom stereocenters. The van der Waals surface area contributed by atoms with Crippen LogP contribution in [-0.2, 0) is 19.3 Å². The highest BCUT2D eigenvalue weighted by Crippen LogP contribution is 2.10. The van der Waals surface area contributed by atoms with E-state index in [4.69, 9.17) is 9.47 Å². The Bertz CT molecular complexity index is 268. The number of ether oxygens (including phenoxy) is 2. The maximum atomic E-state index is 10.9. The first-order valence-corrected chi connectivity index (χ1v) is 5.96. The van der Waals surface area contributed by atoms with Crippen molar-refractivity contribution in [2.24, 2.45) is 0 Å². The van der Waals surface area contributed by atoms with Crippen LogP contribution < -0.4 is 0 Å². The lowest BCUT2D eigenvalue weighted by atomic mass is 10.4. The molecule has 76 valence electrons. The van der Waals surface area contributed by atoms with Gasteiger partial charge in [0.1, 0.15) is 0 Å². The molecular formula is C8H14O4S. The van der Waals surface area contributed by atoms with E-state index >= 15 is 0 Å². The second kappa shape index (κ2) is 4.74. The van der Waals surface area contributed by atoms with Crippen molar-refractivity contribution < 1.29 is 17.9 Å². The molecule has 0 aromatic rings. The first-order valence-electron chi connectivity index (χ1n) is 4.24. The molecule has 0 radical (unpaired) electrons. The molecule has 0 bridgehead atoms. The average molecular weight is 206 g/mol. The van der Waals surface area contributed by atoms with Gasteiger partial charge in [-0.3, -0.25) is 0 Å². The molecule has 0 amide bonds. The molecule has 1 heterocycles. The summed E-state index contributed by atoms with van der Waals surface area (Å²) in [7, 11) is -2.98. The number of sulfone groups is 1. The average Bonchev–Trinajstić information content (AvgIpc) is 2.40. The van der Waals surface area contributed by atoms with Crippen LogP contribution in [0.4, 0.5) is 0 Å². The summed E-state index contributed by atoms with van der Waals surface area (Å²) < 4.78 is 32.2. The first kappa shape index (κ1) is 10.7. The quantitative estimate of drug-likeness (QED) is 0.609. The van der Waals surface area contributed by atoms with Crippen molar-refractivity contribution in [1.82, 2.24) is 0 Å². The molecule has 1 aliphatic rings. The fraction of sp³-hybridized carbons (Fsp3) is 0.750. The van der Waals surface area contributed by atoms with Crippen molar-refractivity contribution in [2.75, 3.05) is 25.6 Å². The van der Waals surface area contributed by atoms with Gasteiger partial charge in [0, 0.05) is 12.0 Å². The summed E-state index contributed by atoms with van der Waals surface area (Å²) in [6.45, 7) is 3.52. The Morgan fingerprint density at radius 1 is 1.46 bits per heavy atom. The Labute approximate surface area is 78.5 Å². The molecule has 0 saturated carbocycles. The zero-order valence-electron chi connectivity index (χ0n) is 7.60. The summed E-state index contributed by atoms with van der Waals surface area (Å²) in [5.74, 6) is 0.0686. The van der Waals surface area contributed by atoms with Crippen LogP contribution in [0.15, 0.2) is 11.5 Å². The van der Waals surface area contributed by atoms with Crippen LogP contribution in [0.2, 0.25) is 0 Å². The Balaban J connectivity index is 2.16. The monoisotopic (exact) mass is 206 g/mol. The van der Waals surface area contributed by atoms with E-state index < -0.39 is 9.84 Å². The third kappa shape index (κ3) is 3.89. The molecular weight excluding hydrogens is 192 g/mol. The normalized spacial score (nSPS) is 25.2. The third-order valence-corrected chi connectivity index (χ3v) is 3.03. The van der Waals surface area contributed by atoms with E-state index in [1.165, 1.54) is 5.41 Å². The topological polar surface area (TPSA) is 52.6 Å².